The van der Waals surface area contributed by atoms with Crippen LogP contribution in [-0.2, 0) is 9.53 Å². The highest BCUT2D eigenvalue weighted by atomic mass is 19.1. The Kier molecular flexibility index (Phi) is 5.76. The second kappa shape index (κ2) is 7.09. The maximum absolute atomic E-state index is 13.3. The topological polar surface area (TPSA) is 47.6 Å². The minimum absolute atomic E-state index is 0.227. The van der Waals surface area contributed by atoms with Crippen LogP contribution in [0.3, 0.4) is 0 Å². The Hall–Kier alpha value is -1.62. The van der Waals surface area contributed by atoms with Gasteiger partial charge in [0.05, 0.1) is 14.2 Å². The van der Waals surface area contributed by atoms with Gasteiger partial charge in [0.1, 0.15) is 17.6 Å². The molecule has 1 N–H and O–H groups in total. The second-order valence-electron chi connectivity index (χ2n) is 4.26. The van der Waals surface area contributed by atoms with Crippen LogP contribution < -0.4 is 10.1 Å². The summed E-state index contributed by atoms with van der Waals surface area (Å²) in [5.41, 5.74) is 0.671. The van der Waals surface area contributed by atoms with E-state index >= 15 is 0 Å². The lowest BCUT2D eigenvalue weighted by molar-refractivity contribution is -0.143. The number of methoxy groups -OCH3 is 2. The zero-order valence-electron chi connectivity index (χ0n) is 11.7. The zero-order valence-corrected chi connectivity index (χ0v) is 11.7. The minimum Gasteiger partial charge on any atom is -0.496 e. The first-order valence-electron chi connectivity index (χ1n) is 6.20. The van der Waals surface area contributed by atoms with Gasteiger partial charge in [-0.05, 0) is 31.5 Å². The van der Waals surface area contributed by atoms with E-state index in [9.17, 15) is 9.18 Å². The molecule has 0 amide bonds. The lowest BCUT2D eigenvalue weighted by atomic mass is 10.1. The van der Waals surface area contributed by atoms with Crippen LogP contribution in [-0.4, -0.2) is 26.2 Å². The Bertz CT molecular complexity index is 437. The fourth-order valence-corrected chi connectivity index (χ4v) is 1.93. The molecule has 1 rings (SSSR count). The van der Waals surface area contributed by atoms with Crippen molar-refractivity contribution in [1.29, 1.82) is 0 Å². The number of halogens is 1. The van der Waals surface area contributed by atoms with Gasteiger partial charge in [0.15, 0.2) is 0 Å². The highest BCUT2D eigenvalue weighted by Crippen LogP contribution is 2.26. The van der Waals surface area contributed by atoms with E-state index < -0.39 is 6.04 Å². The minimum atomic E-state index is -0.423. The van der Waals surface area contributed by atoms with Gasteiger partial charge in [-0.15, -0.1) is 0 Å². The van der Waals surface area contributed by atoms with Crippen molar-refractivity contribution >= 4 is 5.97 Å². The second-order valence-corrected chi connectivity index (χ2v) is 4.26. The van der Waals surface area contributed by atoms with Crippen molar-refractivity contribution in [3.8, 4) is 5.75 Å². The molecule has 0 saturated heterocycles. The van der Waals surface area contributed by atoms with Gasteiger partial charge in [0.25, 0.3) is 0 Å². The average molecular weight is 269 g/mol. The molecule has 1 aromatic rings. The molecule has 4 nitrogen and oxygen atoms in total. The monoisotopic (exact) mass is 269 g/mol. The molecule has 0 saturated carbocycles. The maximum Gasteiger partial charge on any atom is 0.322 e. The molecule has 0 aliphatic rings. The van der Waals surface area contributed by atoms with Crippen molar-refractivity contribution in [3.05, 3.63) is 29.6 Å². The number of carbonyl (C=O) groups excluding carboxylic acids is 1. The molecule has 106 valence electrons. The van der Waals surface area contributed by atoms with Gasteiger partial charge >= 0.3 is 5.97 Å². The van der Waals surface area contributed by atoms with Crippen molar-refractivity contribution in [2.75, 3.05) is 14.2 Å². The molecule has 0 fully saturated rings. The standard InChI is InChI=1S/C14H20FNO3/c1-5-12(14(17)19-4)16-9(2)11-8-10(15)6-7-13(11)18-3/h6-9,12,16H,5H2,1-4H3. The van der Waals surface area contributed by atoms with Crippen molar-refractivity contribution in [1.82, 2.24) is 5.32 Å². The first kappa shape index (κ1) is 15.4. The van der Waals surface area contributed by atoms with Crippen LogP contribution in [0.5, 0.6) is 5.75 Å². The number of rotatable bonds is 6. The summed E-state index contributed by atoms with van der Waals surface area (Å²) in [7, 11) is 2.88. The van der Waals surface area contributed by atoms with Crippen molar-refractivity contribution < 1.29 is 18.7 Å². The summed E-state index contributed by atoms with van der Waals surface area (Å²) < 4.78 is 23.2. The summed E-state index contributed by atoms with van der Waals surface area (Å²) in [4.78, 5) is 11.5. The van der Waals surface area contributed by atoms with E-state index in [0.29, 0.717) is 17.7 Å². The Labute approximate surface area is 112 Å². The van der Waals surface area contributed by atoms with Gasteiger partial charge in [0.2, 0.25) is 0 Å². The molecule has 0 heterocycles. The maximum atomic E-state index is 13.3. The molecule has 0 spiro atoms. The van der Waals surface area contributed by atoms with Crippen LogP contribution in [0, 0.1) is 5.82 Å². The number of hydrogen-bond donors (Lipinski definition) is 1. The van der Waals surface area contributed by atoms with Gasteiger partial charge in [-0.2, -0.15) is 0 Å². The number of esters is 1. The largest absolute Gasteiger partial charge is 0.496 e. The lowest BCUT2D eigenvalue weighted by Crippen LogP contribution is -2.38. The van der Waals surface area contributed by atoms with Crippen molar-refractivity contribution in [3.63, 3.8) is 0 Å². The van der Waals surface area contributed by atoms with Crippen LogP contribution in [0.1, 0.15) is 31.9 Å². The van der Waals surface area contributed by atoms with Crippen LogP contribution in [0.2, 0.25) is 0 Å². The molecule has 1 aromatic carbocycles. The first-order chi connectivity index (χ1) is 9.03. The number of benzene rings is 1. The van der Waals surface area contributed by atoms with Gasteiger partial charge in [-0.25, -0.2) is 4.39 Å². The van der Waals surface area contributed by atoms with Crippen LogP contribution in [0.4, 0.5) is 4.39 Å². The van der Waals surface area contributed by atoms with Crippen molar-refractivity contribution in [2.24, 2.45) is 0 Å². The number of nitrogens with one attached hydrogen (secondary N) is 1. The molecular formula is C14H20FNO3. The van der Waals surface area contributed by atoms with E-state index in [4.69, 9.17) is 9.47 Å². The zero-order chi connectivity index (χ0) is 14.4. The number of ether oxygens (including phenoxy) is 2. The normalized spacial score (nSPS) is 13.7. The number of carbonyl (C=O) groups is 1. The first-order valence-corrected chi connectivity index (χ1v) is 6.20. The van der Waals surface area contributed by atoms with E-state index in [1.54, 1.807) is 6.07 Å². The summed E-state index contributed by atoms with van der Waals surface area (Å²) in [5, 5.41) is 3.11. The molecular weight excluding hydrogens is 249 g/mol. The van der Waals surface area contributed by atoms with Gasteiger partial charge in [0, 0.05) is 11.6 Å². The Morgan fingerprint density at radius 2 is 2.11 bits per heavy atom. The van der Waals surface area contributed by atoms with Gasteiger partial charge in [-0.3, -0.25) is 10.1 Å². The summed E-state index contributed by atoms with van der Waals surface area (Å²) in [6.07, 6.45) is 0.592. The molecule has 0 bridgehead atoms. The predicted molar refractivity (Wildman–Crippen MR) is 70.6 cm³/mol. The fraction of sp³-hybridized carbons (Fsp3) is 0.500. The third-order valence-corrected chi connectivity index (χ3v) is 3.00. The highest BCUT2D eigenvalue weighted by Gasteiger charge is 2.21. The molecule has 0 radical (unpaired) electrons. The van der Waals surface area contributed by atoms with E-state index in [1.165, 1.54) is 26.4 Å². The molecule has 0 aromatic heterocycles. The van der Waals surface area contributed by atoms with E-state index in [2.05, 4.69) is 5.32 Å². The molecule has 19 heavy (non-hydrogen) atoms. The average Bonchev–Trinajstić information content (AvgIpc) is 2.43. The summed E-state index contributed by atoms with van der Waals surface area (Å²) in [5.74, 6) is -0.0820. The summed E-state index contributed by atoms with van der Waals surface area (Å²) in [6, 6.07) is 3.66. The smallest absolute Gasteiger partial charge is 0.322 e. The molecule has 2 unspecified atom stereocenters. The third-order valence-electron chi connectivity index (χ3n) is 3.00. The molecule has 5 heteroatoms. The molecule has 2 atom stereocenters. The number of hydrogen-bond acceptors (Lipinski definition) is 4. The van der Waals surface area contributed by atoms with Gasteiger partial charge < -0.3 is 9.47 Å². The van der Waals surface area contributed by atoms with E-state index in [1.807, 2.05) is 13.8 Å². The quantitative estimate of drug-likeness (QED) is 0.806. The molecule has 0 aliphatic carbocycles. The fourth-order valence-electron chi connectivity index (χ4n) is 1.93. The lowest BCUT2D eigenvalue weighted by Gasteiger charge is -2.22. The Morgan fingerprint density at radius 3 is 2.63 bits per heavy atom. The van der Waals surface area contributed by atoms with Crippen LogP contribution >= 0.6 is 0 Å². The van der Waals surface area contributed by atoms with Crippen molar-refractivity contribution in [2.45, 2.75) is 32.4 Å². The highest BCUT2D eigenvalue weighted by molar-refractivity contribution is 5.75. The van der Waals surface area contributed by atoms with E-state index in [0.717, 1.165) is 0 Å². The Balaban J connectivity index is 2.90. The Morgan fingerprint density at radius 1 is 1.42 bits per heavy atom. The SMILES string of the molecule is CCC(NC(C)c1cc(F)ccc1OC)C(=O)OC. The summed E-state index contributed by atoms with van der Waals surface area (Å²) in [6.45, 7) is 3.73. The van der Waals surface area contributed by atoms with Gasteiger partial charge in [-0.1, -0.05) is 6.92 Å². The predicted octanol–water partition coefficient (Wildman–Crippen LogP) is 2.44. The van der Waals surface area contributed by atoms with E-state index in [-0.39, 0.29) is 17.8 Å². The van der Waals surface area contributed by atoms with Crippen LogP contribution in [0.25, 0.3) is 0 Å². The summed E-state index contributed by atoms with van der Waals surface area (Å²) >= 11 is 0. The molecule has 0 aliphatic heterocycles. The third kappa shape index (κ3) is 3.92. The van der Waals surface area contributed by atoms with Crippen LogP contribution in [0.15, 0.2) is 18.2 Å².